The molecule has 27 heavy (non-hydrogen) atoms. The smallest absolute Gasteiger partial charge is 0.257 e. The molecule has 0 aliphatic heterocycles. The molecule has 0 saturated carbocycles. The third-order valence-corrected chi connectivity index (χ3v) is 3.81. The Morgan fingerprint density at radius 1 is 1.00 bits per heavy atom. The standard InChI is InChI=1S/C19H26N4O4/c1-23(2)7-6-21-15-8-13(11-20-12-15)19(24)22-14-9-16(25-3)18(27-5)17(10-14)26-4/h8-12,21H,6-7H2,1-5H3,(H,22,24). The highest BCUT2D eigenvalue weighted by atomic mass is 16.5. The van der Waals surface area contributed by atoms with Crippen molar-refractivity contribution in [2.24, 2.45) is 0 Å². The second kappa shape index (κ2) is 9.63. The zero-order chi connectivity index (χ0) is 19.8. The molecule has 0 unspecified atom stereocenters. The maximum Gasteiger partial charge on any atom is 0.257 e. The quantitative estimate of drug-likeness (QED) is 0.697. The van der Waals surface area contributed by atoms with E-state index >= 15 is 0 Å². The summed E-state index contributed by atoms with van der Waals surface area (Å²) in [6, 6.07) is 5.10. The van der Waals surface area contributed by atoms with E-state index in [2.05, 4.69) is 20.5 Å². The minimum Gasteiger partial charge on any atom is -0.493 e. The zero-order valence-corrected chi connectivity index (χ0v) is 16.3. The number of benzene rings is 1. The van der Waals surface area contributed by atoms with Gasteiger partial charge < -0.3 is 29.7 Å². The predicted octanol–water partition coefficient (Wildman–Crippen LogP) is 2.33. The first-order valence-electron chi connectivity index (χ1n) is 8.43. The summed E-state index contributed by atoms with van der Waals surface area (Å²) in [6.45, 7) is 1.63. The summed E-state index contributed by atoms with van der Waals surface area (Å²) >= 11 is 0. The maximum absolute atomic E-state index is 12.6. The van der Waals surface area contributed by atoms with Gasteiger partial charge in [0, 0.05) is 43.3 Å². The van der Waals surface area contributed by atoms with Gasteiger partial charge in [0.1, 0.15) is 0 Å². The fraction of sp³-hybridized carbons (Fsp3) is 0.368. The molecule has 0 aliphatic rings. The van der Waals surface area contributed by atoms with Gasteiger partial charge in [0.2, 0.25) is 5.75 Å². The molecule has 1 amide bonds. The van der Waals surface area contributed by atoms with E-state index in [1.165, 1.54) is 27.5 Å². The van der Waals surface area contributed by atoms with Crippen molar-refractivity contribution in [1.82, 2.24) is 9.88 Å². The van der Waals surface area contributed by atoms with E-state index in [0.29, 0.717) is 28.5 Å². The van der Waals surface area contributed by atoms with Gasteiger partial charge in [-0.2, -0.15) is 0 Å². The van der Waals surface area contributed by atoms with Gasteiger partial charge >= 0.3 is 0 Å². The first-order chi connectivity index (χ1) is 13.0. The Hall–Kier alpha value is -3.00. The van der Waals surface area contributed by atoms with Crippen molar-refractivity contribution >= 4 is 17.3 Å². The van der Waals surface area contributed by atoms with Gasteiger partial charge in [0.05, 0.1) is 32.6 Å². The average Bonchev–Trinajstić information content (AvgIpc) is 2.67. The van der Waals surface area contributed by atoms with Gasteiger partial charge in [-0.25, -0.2) is 0 Å². The van der Waals surface area contributed by atoms with E-state index < -0.39 is 0 Å². The van der Waals surface area contributed by atoms with Crippen LogP contribution >= 0.6 is 0 Å². The van der Waals surface area contributed by atoms with Gasteiger partial charge in [-0.3, -0.25) is 9.78 Å². The lowest BCUT2D eigenvalue weighted by atomic mass is 10.2. The molecule has 0 saturated heterocycles. The van der Waals surface area contributed by atoms with Gasteiger partial charge in [-0.1, -0.05) is 0 Å². The monoisotopic (exact) mass is 374 g/mol. The molecule has 0 spiro atoms. The lowest BCUT2D eigenvalue weighted by molar-refractivity contribution is 0.102. The number of carbonyl (C=O) groups is 1. The first kappa shape index (κ1) is 20.3. The summed E-state index contributed by atoms with van der Waals surface area (Å²) < 4.78 is 15.9. The predicted molar refractivity (Wildman–Crippen MR) is 105 cm³/mol. The van der Waals surface area contributed by atoms with Crippen LogP contribution in [-0.2, 0) is 0 Å². The number of methoxy groups -OCH3 is 3. The highest BCUT2D eigenvalue weighted by Crippen LogP contribution is 2.40. The lowest BCUT2D eigenvalue weighted by Gasteiger charge is -2.15. The van der Waals surface area contributed by atoms with E-state index in [1.54, 1.807) is 24.4 Å². The summed E-state index contributed by atoms with van der Waals surface area (Å²) in [5, 5.41) is 6.08. The molecule has 0 aliphatic carbocycles. The third-order valence-electron chi connectivity index (χ3n) is 3.81. The van der Waals surface area contributed by atoms with Crippen LogP contribution in [0.5, 0.6) is 17.2 Å². The van der Waals surface area contributed by atoms with E-state index in [-0.39, 0.29) is 5.91 Å². The van der Waals surface area contributed by atoms with Crippen LogP contribution in [0.25, 0.3) is 0 Å². The fourth-order valence-corrected chi connectivity index (χ4v) is 2.44. The van der Waals surface area contributed by atoms with E-state index in [0.717, 1.165) is 18.8 Å². The Morgan fingerprint density at radius 2 is 1.67 bits per heavy atom. The lowest BCUT2D eigenvalue weighted by Crippen LogP contribution is -2.21. The van der Waals surface area contributed by atoms with Crippen molar-refractivity contribution in [3.8, 4) is 17.2 Å². The summed E-state index contributed by atoms with van der Waals surface area (Å²) in [5.41, 5.74) is 1.76. The number of amides is 1. The minimum atomic E-state index is -0.284. The van der Waals surface area contributed by atoms with Gasteiger partial charge in [-0.05, 0) is 20.2 Å². The molecule has 8 heteroatoms. The van der Waals surface area contributed by atoms with Crippen molar-refractivity contribution < 1.29 is 19.0 Å². The molecule has 2 aromatic rings. The molecule has 0 fully saturated rings. The summed E-state index contributed by atoms with van der Waals surface area (Å²) in [4.78, 5) is 18.8. The molecule has 2 rings (SSSR count). The summed E-state index contributed by atoms with van der Waals surface area (Å²) in [6.07, 6.45) is 3.20. The number of hydrogen-bond acceptors (Lipinski definition) is 7. The number of likely N-dealkylation sites (N-methyl/N-ethyl adjacent to an activating group) is 1. The Kier molecular flexibility index (Phi) is 7.25. The topological polar surface area (TPSA) is 85.0 Å². The van der Waals surface area contributed by atoms with Crippen LogP contribution in [0.3, 0.4) is 0 Å². The molecule has 2 N–H and O–H groups in total. The molecule has 0 atom stereocenters. The Balaban J connectivity index is 2.15. The number of anilines is 2. The zero-order valence-electron chi connectivity index (χ0n) is 16.3. The van der Waals surface area contributed by atoms with Crippen LogP contribution in [0.2, 0.25) is 0 Å². The largest absolute Gasteiger partial charge is 0.493 e. The van der Waals surface area contributed by atoms with Crippen LogP contribution in [0.1, 0.15) is 10.4 Å². The van der Waals surface area contributed by atoms with Crippen LogP contribution < -0.4 is 24.8 Å². The molecule has 1 aromatic carbocycles. The van der Waals surface area contributed by atoms with Crippen molar-refractivity contribution in [3.05, 3.63) is 36.2 Å². The van der Waals surface area contributed by atoms with E-state index in [9.17, 15) is 4.79 Å². The highest BCUT2D eigenvalue weighted by Gasteiger charge is 2.15. The van der Waals surface area contributed by atoms with Gasteiger partial charge in [0.15, 0.2) is 11.5 Å². The fourth-order valence-electron chi connectivity index (χ4n) is 2.44. The highest BCUT2D eigenvalue weighted by molar-refractivity contribution is 6.04. The molecular formula is C19H26N4O4. The van der Waals surface area contributed by atoms with Crippen molar-refractivity contribution in [3.63, 3.8) is 0 Å². The van der Waals surface area contributed by atoms with Crippen molar-refractivity contribution in [2.75, 3.05) is 59.1 Å². The van der Waals surface area contributed by atoms with Crippen LogP contribution in [-0.4, -0.2) is 64.3 Å². The first-order valence-corrected chi connectivity index (χ1v) is 8.43. The van der Waals surface area contributed by atoms with Gasteiger partial charge in [-0.15, -0.1) is 0 Å². The van der Waals surface area contributed by atoms with Crippen molar-refractivity contribution in [1.29, 1.82) is 0 Å². The second-order valence-corrected chi connectivity index (χ2v) is 6.06. The van der Waals surface area contributed by atoms with E-state index in [1.807, 2.05) is 14.1 Å². The number of pyridine rings is 1. The number of aromatic nitrogens is 1. The molecule has 8 nitrogen and oxygen atoms in total. The third kappa shape index (κ3) is 5.49. The number of carbonyl (C=O) groups excluding carboxylic acids is 1. The van der Waals surface area contributed by atoms with Crippen LogP contribution in [0.4, 0.5) is 11.4 Å². The number of rotatable bonds is 9. The molecule has 0 bridgehead atoms. The van der Waals surface area contributed by atoms with Crippen LogP contribution in [0, 0.1) is 0 Å². The molecule has 0 radical (unpaired) electrons. The summed E-state index contributed by atoms with van der Waals surface area (Å²) in [5.74, 6) is 1.11. The van der Waals surface area contributed by atoms with E-state index in [4.69, 9.17) is 14.2 Å². The summed E-state index contributed by atoms with van der Waals surface area (Å²) in [7, 11) is 8.58. The molecule has 1 aromatic heterocycles. The number of nitrogens with one attached hydrogen (secondary N) is 2. The normalized spacial score (nSPS) is 10.4. The Morgan fingerprint density at radius 3 is 2.22 bits per heavy atom. The maximum atomic E-state index is 12.6. The Labute approximate surface area is 159 Å². The Bertz CT molecular complexity index is 755. The molecule has 1 heterocycles. The van der Waals surface area contributed by atoms with Crippen LogP contribution in [0.15, 0.2) is 30.6 Å². The number of nitrogens with zero attached hydrogens (tertiary/aromatic N) is 2. The number of ether oxygens (including phenoxy) is 3. The average molecular weight is 374 g/mol. The van der Waals surface area contributed by atoms with Crippen molar-refractivity contribution in [2.45, 2.75) is 0 Å². The van der Waals surface area contributed by atoms with Gasteiger partial charge in [0.25, 0.3) is 5.91 Å². The molecule has 146 valence electrons. The molecular weight excluding hydrogens is 348 g/mol. The minimum absolute atomic E-state index is 0.284. The number of hydrogen-bond donors (Lipinski definition) is 2. The second-order valence-electron chi connectivity index (χ2n) is 6.06. The SMILES string of the molecule is COc1cc(NC(=O)c2cncc(NCCN(C)C)c2)cc(OC)c1OC.